The molecule has 1 unspecified atom stereocenters. The molecule has 2 aromatic rings. The molecule has 0 aromatic heterocycles. The van der Waals surface area contributed by atoms with Crippen molar-refractivity contribution >= 4 is 16.7 Å². The highest BCUT2D eigenvalue weighted by atomic mass is 16.5. The first kappa shape index (κ1) is 19.6. The number of fused-ring (bicyclic) bond motifs is 1. The first-order valence-corrected chi connectivity index (χ1v) is 9.87. The summed E-state index contributed by atoms with van der Waals surface area (Å²) in [7, 11) is 1.70. The second-order valence-corrected chi connectivity index (χ2v) is 7.02. The molecule has 5 heteroatoms. The summed E-state index contributed by atoms with van der Waals surface area (Å²) in [5.74, 6) is 1.57. The molecule has 0 amide bonds. The fourth-order valence-corrected chi connectivity index (χ4v) is 3.48. The number of likely N-dealkylation sites (tertiary alicyclic amines) is 1. The molecule has 1 heterocycles. The Labute approximate surface area is 162 Å². The molecule has 0 radical (unpaired) electrons. The van der Waals surface area contributed by atoms with Crippen molar-refractivity contribution in [1.82, 2.24) is 10.2 Å². The normalized spacial score (nSPS) is 17.6. The molecule has 0 saturated carbocycles. The van der Waals surface area contributed by atoms with E-state index in [9.17, 15) is 0 Å². The lowest BCUT2D eigenvalue weighted by Gasteiger charge is -2.21. The number of nitrogens with zero attached hydrogens (tertiary/aromatic N) is 2. The van der Waals surface area contributed by atoms with E-state index in [0.717, 1.165) is 38.6 Å². The van der Waals surface area contributed by atoms with Crippen molar-refractivity contribution in [2.45, 2.75) is 19.9 Å². The lowest BCUT2D eigenvalue weighted by atomic mass is 10.1. The van der Waals surface area contributed by atoms with Crippen LogP contribution in [0.3, 0.4) is 0 Å². The molecule has 1 N–H and O–H groups in total. The standard InChI is InChI=1S/C22H31N3O2/c1-3-23-22(25-11-10-19(16-25)17-27-13-12-26-2)24-15-18-8-9-20-6-4-5-7-21(20)14-18/h4-9,14,19H,3,10-13,15-17H2,1-2H3,(H,23,24). The average Bonchev–Trinajstić information content (AvgIpc) is 3.17. The van der Waals surface area contributed by atoms with E-state index in [4.69, 9.17) is 14.5 Å². The molecule has 1 atom stereocenters. The zero-order valence-electron chi connectivity index (χ0n) is 16.5. The second kappa shape index (κ2) is 10.3. The van der Waals surface area contributed by atoms with E-state index in [1.54, 1.807) is 7.11 Å². The Morgan fingerprint density at radius 1 is 1.19 bits per heavy atom. The minimum Gasteiger partial charge on any atom is -0.382 e. The predicted molar refractivity (Wildman–Crippen MR) is 111 cm³/mol. The second-order valence-electron chi connectivity index (χ2n) is 7.02. The Morgan fingerprint density at radius 3 is 2.85 bits per heavy atom. The van der Waals surface area contributed by atoms with E-state index < -0.39 is 0 Å². The van der Waals surface area contributed by atoms with E-state index in [1.807, 2.05) is 0 Å². The Kier molecular flexibility index (Phi) is 7.48. The third-order valence-corrected chi connectivity index (χ3v) is 4.93. The van der Waals surface area contributed by atoms with Crippen molar-refractivity contribution in [3.63, 3.8) is 0 Å². The summed E-state index contributed by atoms with van der Waals surface area (Å²) in [6.07, 6.45) is 1.15. The van der Waals surface area contributed by atoms with Gasteiger partial charge >= 0.3 is 0 Å². The summed E-state index contributed by atoms with van der Waals surface area (Å²) in [6.45, 7) is 7.84. The van der Waals surface area contributed by atoms with Crippen molar-refractivity contribution in [1.29, 1.82) is 0 Å². The van der Waals surface area contributed by atoms with Gasteiger partial charge in [0.2, 0.25) is 0 Å². The van der Waals surface area contributed by atoms with Gasteiger partial charge in [0, 0.05) is 32.7 Å². The van der Waals surface area contributed by atoms with E-state index in [2.05, 4.69) is 59.6 Å². The third-order valence-electron chi connectivity index (χ3n) is 4.93. The maximum atomic E-state index is 5.70. The first-order chi connectivity index (χ1) is 13.3. The highest BCUT2D eigenvalue weighted by Gasteiger charge is 2.24. The van der Waals surface area contributed by atoms with E-state index >= 15 is 0 Å². The fraction of sp³-hybridized carbons (Fsp3) is 0.500. The molecule has 1 fully saturated rings. The predicted octanol–water partition coefficient (Wildman–Crippen LogP) is 3.29. The summed E-state index contributed by atoms with van der Waals surface area (Å²) in [5, 5.41) is 5.98. The minimum atomic E-state index is 0.561. The van der Waals surface area contributed by atoms with Crippen molar-refractivity contribution in [2.24, 2.45) is 10.9 Å². The molecule has 0 spiro atoms. The topological polar surface area (TPSA) is 46.1 Å². The van der Waals surface area contributed by atoms with Crippen LogP contribution in [-0.4, -0.2) is 57.4 Å². The van der Waals surface area contributed by atoms with Gasteiger partial charge in [-0.2, -0.15) is 0 Å². The van der Waals surface area contributed by atoms with Crippen molar-refractivity contribution in [3.8, 4) is 0 Å². The molecule has 2 aromatic carbocycles. The summed E-state index contributed by atoms with van der Waals surface area (Å²) >= 11 is 0. The fourth-order valence-electron chi connectivity index (χ4n) is 3.48. The van der Waals surface area contributed by atoms with Crippen LogP contribution in [0.4, 0.5) is 0 Å². The quantitative estimate of drug-likeness (QED) is 0.441. The van der Waals surface area contributed by atoms with Gasteiger partial charge < -0.3 is 19.7 Å². The third kappa shape index (κ3) is 5.68. The number of nitrogens with one attached hydrogen (secondary N) is 1. The van der Waals surface area contributed by atoms with E-state index in [-0.39, 0.29) is 0 Å². The molecule has 5 nitrogen and oxygen atoms in total. The van der Waals surface area contributed by atoms with Gasteiger partial charge in [0.05, 0.1) is 26.4 Å². The molecule has 1 aliphatic rings. The van der Waals surface area contributed by atoms with Gasteiger partial charge in [0.1, 0.15) is 0 Å². The van der Waals surface area contributed by atoms with Crippen LogP contribution in [0.5, 0.6) is 0 Å². The van der Waals surface area contributed by atoms with E-state index in [0.29, 0.717) is 25.7 Å². The van der Waals surface area contributed by atoms with Crippen LogP contribution in [0.1, 0.15) is 18.9 Å². The van der Waals surface area contributed by atoms with Crippen molar-refractivity contribution in [3.05, 3.63) is 48.0 Å². The Morgan fingerprint density at radius 2 is 2.04 bits per heavy atom. The number of hydrogen-bond acceptors (Lipinski definition) is 3. The minimum absolute atomic E-state index is 0.561. The van der Waals surface area contributed by atoms with Crippen molar-refractivity contribution < 1.29 is 9.47 Å². The van der Waals surface area contributed by atoms with E-state index in [1.165, 1.54) is 16.3 Å². The van der Waals surface area contributed by atoms with Gasteiger partial charge in [-0.1, -0.05) is 36.4 Å². The van der Waals surface area contributed by atoms with Crippen LogP contribution >= 0.6 is 0 Å². The Balaban J connectivity index is 1.59. The largest absolute Gasteiger partial charge is 0.382 e. The molecule has 1 saturated heterocycles. The number of methoxy groups -OCH3 is 1. The smallest absolute Gasteiger partial charge is 0.194 e. The average molecular weight is 370 g/mol. The molecular formula is C22H31N3O2. The highest BCUT2D eigenvalue weighted by Crippen LogP contribution is 2.18. The number of ether oxygens (including phenoxy) is 2. The van der Waals surface area contributed by atoms with Gasteiger partial charge in [0.15, 0.2) is 5.96 Å². The molecule has 1 aliphatic heterocycles. The number of rotatable bonds is 8. The zero-order valence-corrected chi connectivity index (χ0v) is 16.5. The molecule has 27 heavy (non-hydrogen) atoms. The van der Waals surface area contributed by atoms with Gasteiger partial charge in [-0.05, 0) is 35.7 Å². The maximum Gasteiger partial charge on any atom is 0.194 e. The van der Waals surface area contributed by atoms with Gasteiger partial charge in [-0.15, -0.1) is 0 Å². The molecule has 0 bridgehead atoms. The van der Waals surface area contributed by atoms with Crippen LogP contribution in [0.2, 0.25) is 0 Å². The Hall–Kier alpha value is -2.11. The van der Waals surface area contributed by atoms with Gasteiger partial charge in [-0.25, -0.2) is 4.99 Å². The number of benzene rings is 2. The van der Waals surface area contributed by atoms with Gasteiger partial charge in [-0.3, -0.25) is 0 Å². The number of hydrogen-bond donors (Lipinski definition) is 1. The molecule has 0 aliphatic carbocycles. The molecule has 146 valence electrons. The maximum absolute atomic E-state index is 5.70. The van der Waals surface area contributed by atoms with Crippen LogP contribution in [0.15, 0.2) is 47.5 Å². The van der Waals surface area contributed by atoms with Crippen LogP contribution in [-0.2, 0) is 16.0 Å². The van der Waals surface area contributed by atoms with Crippen molar-refractivity contribution in [2.75, 3.05) is 46.6 Å². The summed E-state index contributed by atoms with van der Waals surface area (Å²) in [6, 6.07) is 15.0. The van der Waals surface area contributed by atoms with Crippen LogP contribution in [0.25, 0.3) is 10.8 Å². The monoisotopic (exact) mass is 369 g/mol. The highest BCUT2D eigenvalue weighted by molar-refractivity contribution is 5.83. The molecule has 3 rings (SSSR count). The summed E-state index contributed by atoms with van der Waals surface area (Å²) in [5.41, 5.74) is 1.24. The van der Waals surface area contributed by atoms with Crippen LogP contribution in [0, 0.1) is 5.92 Å². The zero-order chi connectivity index (χ0) is 18.9. The number of aliphatic imine (C=N–C) groups is 1. The summed E-state index contributed by atoms with van der Waals surface area (Å²) < 4.78 is 10.7. The first-order valence-electron chi connectivity index (χ1n) is 9.87. The summed E-state index contributed by atoms with van der Waals surface area (Å²) in [4.78, 5) is 7.24. The lowest BCUT2D eigenvalue weighted by molar-refractivity contribution is 0.0536. The SMILES string of the molecule is CCNC(=NCc1ccc2ccccc2c1)N1CCC(COCCOC)C1. The number of guanidine groups is 1. The Bertz CT molecular complexity index is 747. The van der Waals surface area contributed by atoms with Crippen LogP contribution < -0.4 is 5.32 Å². The van der Waals surface area contributed by atoms with Gasteiger partial charge in [0.25, 0.3) is 0 Å². The molecular weight excluding hydrogens is 338 g/mol. The lowest BCUT2D eigenvalue weighted by Crippen LogP contribution is -2.40.